The molecule has 1 heterocycles. The molecule has 24 heavy (non-hydrogen) atoms. The molecule has 0 aliphatic carbocycles. The molecule has 0 spiro atoms. The molecule has 0 bridgehead atoms. The van der Waals surface area contributed by atoms with Gasteiger partial charge in [-0.15, -0.1) is 11.3 Å². The number of anilines is 1. The molecule has 0 fully saturated rings. The second-order valence-corrected chi connectivity index (χ2v) is 6.83. The first-order valence-corrected chi connectivity index (χ1v) is 8.06. The van der Waals surface area contributed by atoms with Crippen LogP contribution in [0.4, 0.5) is 11.4 Å². The Labute approximate surface area is 148 Å². The number of esters is 1. The summed E-state index contributed by atoms with van der Waals surface area (Å²) in [5.41, 5.74) is 0.0718. The van der Waals surface area contributed by atoms with Gasteiger partial charge < -0.3 is 14.8 Å². The summed E-state index contributed by atoms with van der Waals surface area (Å²) in [6.45, 7) is -0.492. The molecule has 0 aliphatic rings. The number of hydrogen-bond donors (Lipinski definition) is 1. The number of methoxy groups -OCH3 is 1. The van der Waals surface area contributed by atoms with E-state index in [9.17, 15) is 19.7 Å². The lowest BCUT2D eigenvalue weighted by Gasteiger charge is -2.10. The molecule has 0 unspecified atom stereocenters. The molecule has 1 aromatic heterocycles. The Balaban J connectivity index is 1.97. The van der Waals surface area contributed by atoms with E-state index >= 15 is 0 Å². The first-order chi connectivity index (χ1) is 11.4. The molecule has 0 radical (unpaired) electrons. The number of halogens is 1. The largest absolute Gasteiger partial charge is 0.494 e. The number of amides is 1. The van der Waals surface area contributed by atoms with Crippen molar-refractivity contribution in [3.05, 3.63) is 49.1 Å². The number of nitro groups is 1. The normalized spacial score (nSPS) is 10.1. The van der Waals surface area contributed by atoms with Gasteiger partial charge in [0.05, 0.1) is 27.6 Å². The van der Waals surface area contributed by atoms with Crippen molar-refractivity contribution >= 4 is 50.5 Å². The quantitative estimate of drug-likeness (QED) is 0.441. The third-order valence-electron chi connectivity index (χ3n) is 2.78. The summed E-state index contributed by atoms with van der Waals surface area (Å²) in [6.07, 6.45) is 0. The summed E-state index contributed by atoms with van der Waals surface area (Å²) >= 11 is 4.41. The maximum absolute atomic E-state index is 11.9. The molecule has 1 N–H and O–H groups in total. The van der Waals surface area contributed by atoms with Gasteiger partial charge >= 0.3 is 5.97 Å². The standard InChI is InChI=1S/C14H11BrN2O6S/c1-22-10-6-8(17(20)21)2-3-9(10)16-13(18)7-23-14(19)11-4-5-12(15)24-11/h2-6H,7H2,1H3,(H,16,18). The molecule has 2 aromatic rings. The fraction of sp³-hybridized carbons (Fsp3) is 0.143. The molecule has 0 atom stereocenters. The van der Waals surface area contributed by atoms with Gasteiger partial charge in [0.2, 0.25) is 0 Å². The molecule has 0 saturated heterocycles. The number of ether oxygens (including phenoxy) is 2. The Morgan fingerprint density at radius 1 is 1.33 bits per heavy atom. The number of nitrogens with zero attached hydrogens (tertiary/aromatic N) is 1. The fourth-order valence-corrected chi connectivity index (χ4v) is 2.99. The Kier molecular flexibility index (Phi) is 5.88. The number of nitrogens with one attached hydrogen (secondary N) is 1. The predicted octanol–water partition coefficient (Wildman–Crippen LogP) is 3.22. The molecule has 10 heteroatoms. The van der Waals surface area contributed by atoms with Gasteiger partial charge in [0.1, 0.15) is 10.6 Å². The van der Waals surface area contributed by atoms with E-state index in [0.29, 0.717) is 4.88 Å². The summed E-state index contributed by atoms with van der Waals surface area (Å²) in [5, 5.41) is 13.2. The van der Waals surface area contributed by atoms with E-state index in [1.54, 1.807) is 12.1 Å². The van der Waals surface area contributed by atoms with E-state index in [1.165, 1.54) is 36.6 Å². The highest BCUT2D eigenvalue weighted by molar-refractivity contribution is 9.11. The van der Waals surface area contributed by atoms with Crippen LogP contribution in [-0.4, -0.2) is 30.5 Å². The second-order valence-electron chi connectivity index (χ2n) is 4.37. The molecule has 0 aliphatic heterocycles. The lowest BCUT2D eigenvalue weighted by Crippen LogP contribution is -2.21. The lowest BCUT2D eigenvalue weighted by atomic mass is 10.2. The van der Waals surface area contributed by atoms with E-state index in [1.807, 2.05) is 0 Å². The van der Waals surface area contributed by atoms with Crippen LogP contribution >= 0.6 is 27.3 Å². The van der Waals surface area contributed by atoms with Crippen molar-refractivity contribution in [1.29, 1.82) is 0 Å². The maximum atomic E-state index is 11.9. The highest BCUT2D eigenvalue weighted by Gasteiger charge is 2.15. The van der Waals surface area contributed by atoms with Gasteiger partial charge in [-0.05, 0) is 34.1 Å². The van der Waals surface area contributed by atoms with Gasteiger partial charge in [-0.3, -0.25) is 14.9 Å². The lowest BCUT2D eigenvalue weighted by molar-refractivity contribution is -0.384. The topological polar surface area (TPSA) is 108 Å². The molecular formula is C14H11BrN2O6S. The highest BCUT2D eigenvalue weighted by atomic mass is 79.9. The monoisotopic (exact) mass is 414 g/mol. The molecule has 1 amide bonds. The number of thiophene rings is 1. The Morgan fingerprint density at radius 2 is 2.08 bits per heavy atom. The van der Waals surface area contributed by atoms with Gasteiger partial charge in [0.15, 0.2) is 6.61 Å². The van der Waals surface area contributed by atoms with Crippen molar-refractivity contribution in [2.75, 3.05) is 19.0 Å². The minimum Gasteiger partial charge on any atom is -0.494 e. The SMILES string of the molecule is COc1cc([N+](=O)[O-])ccc1NC(=O)COC(=O)c1ccc(Br)s1. The van der Waals surface area contributed by atoms with E-state index in [-0.39, 0.29) is 17.1 Å². The average molecular weight is 415 g/mol. The Morgan fingerprint density at radius 3 is 2.67 bits per heavy atom. The van der Waals surface area contributed by atoms with E-state index in [0.717, 1.165) is 3.79 Å². The van der Waals surface area contributed by atoms with Crippen molar-refractivity contribution in [2.45, 2.75) is 0 Å². The Hall–Kier alpha value is -2.46. The molecule has 8 nitrogen and oxygen atoms in total. The zero-order chi connectivity index (χ0) is 17.7. The smallest absolute Gasteiger partial charge is 0.348 e. The minimum atomic E-state index is -0.614. The predicted molar refractivity (Wildman–Crippen MR) is 90.6 cm³/mol. The Bertz CT molecular complexity index is 791. The highest BCUT2D eigenvalue weighted by Crippen LogP contribution is 2.29. The van der Waals surface area contributed by atoms with E-state index in [2.05, 4.69) is 21.2 Å². The number of rotatable bonds is 6. The maximum Gasteiger partial charge on any atom is 0.348 e. The molecule has 2 rings (SSSR count). The summed E-state index contributed by atoms with van der Waals surface area (Å²) in [7, 11) is 1.32. The third-order valence-corrected chi connectivity index (χ3v) is 4.38. The second kappa shape index (κ2) is 7.88. The van der Waals surface area contributed by atoms with Crippen molar-refractivity contribution in [1.82, 2.24) is 0 Å². The van der Waals surface area contributed by atoms with Crippen LogP contribution in [0, 0.1) is 10.1 Å². The van der Waals surface area contributed by atoms with Gasteiger partial charge in [0, 0.05) is 6.07 Å². The first-order valence-electron chi connectivity index (χ1n) is 6.45. The summed E-state index contributed by atoms with van der Waals surface area (Å²) in [4.78, 5) is 34.1. The summed E-state index contributed by atoms with van der Waals surface area (Å²) < 4.78 is 10.7. The van der Waals surface area contributed by atoms with Crippen LogP contribution in [0.3, 0.4) is 0 Å². The zero-order valence-corrected chi connectivity index (χ0v) is 14.7. The van der Waals surface area contributed by atoms with Crippen LogP contribution in [0.2, 0.25) is 0 Å². The minimum absolute atomic E-state index is 0.131. The van der Waals surface area contributed by atoms with Crippen LogP contribution in [0.25, 0.3) is 0 Å². The fourth-order valence-electron chi connectivity index (χ4n) is 1.71. The third kappa shape index (κ3) is 4.52. The number of non-ortho nitro benzene ring substituents is 1. The number of nitro benzene ring substituents is 1. The zero-order valence-electron chi connectivity index (χ0n) is 12.3. The van der Waals surface area contributed by atoms with E-state index < -0.39 is 23.4 Å². The van der Waals surface area contributed by atoms with Crippen molar-refractivity contribution in [3.63, 3.8) is 0 Å². The molecule has 1 aromatic carbocycles. The summed E-state index contributed by atoms with van der Waals surface area (Å²) in [6, 6.07) is 7.03. The van der Waals surface area contributed by atoms with Crippen LogP contribution in [0.1, 0.15) is 9.67 Å². The van der Waals surface area contributed by atoms with Crippen molar-refractivity contribution < 1.29 is 24.0 Å². The number of carbonyl (C=O) groups is 2. The molecule has 126 valence electrons. The van der Waals surface area contributed by atoms with Crippen molar-refractivity contribution in [3.8, 4) is 5.75 Å². The van der Waals surface area contributed by atoms with E-state index in [4.69, 9.17) is 9.47 Å². The first kappa shape index (κ1) is 17.9. The summed E-state index contributed by atoms with van der Waals surface area (Å²) in [5.74, 6) is -1.08. The average Bonchev–Trinajstić information content (AvgIpc) is 2.99. The molecule has 0 saturated carbocycles. The van der Waals surface area contributed by atoms with Gasteiger partial charge in [-0.1, -0.05) is 0 Å². The number of hydrogen-bond acceptors (Lipinski definition) is 7. The number of benzene rings is 1. The van der Waals surface area contributed by atoms with Gasteiger partial charge in [-0.25, -0.2) is 4.79 Å². The van der Waals surface area contributed by atoms with Crippen LogP contribution < -0.4 is 10.1 Å². The van der Waals surface area contributed by atoms with Crippen LogP contribution in [-0.2, 0) is 9.53 Å². The molecular weight excluding hydrogens is 404 g/mol. The van der Waals surface area contributed by atoms with Gasteiger partial charge in [0.25, 0.3) is 11.6 Å². The van der Waals surface area contributed by atoms with Crippen LogP contribution in [0.5, 0.6) is 5.75 Å². The number of carbonyl (C=O) groups excluding carboxylic acids is 2. The van der Waals surface area contributed by atoms with Gasteiger partial charge in [-0.2, -0.15) is 0 Å². The van der Waals surface area contributed by atoms with Crippen LogP contribution in [0.15, 0.2) is 34.1 Å². The van der Waals surface area contributed by atoms with Crippen molar-refractivity contribution in [2.24, 2.45) is 0 Å².